The molecule has 0 fully saturated rings. The van der Waals surface area contributed by atoms with E-state index in [0.717, 1.165) is 6.42 Å². The monoisotopic (exact) mass is 141 g/mol. The molecule has 1 unspecified atom stereocenters. The normalized spacial score (nSPS) is 17.1. The van der Waals surface area contributed by atoms with E-state index in [1.165, 1.54) is 0 Å². The highest BCUT2D eigenvalue weighted by molar-refractivity contribution is 7.81. The van der Waals surface area contributed by atoms with E-state index in [0.29, 0.717) is 0 Å². The molecule has 0 saturated heterocycles. The third-order valence-corrected chi connectivity index (χ3v) is 1.03. The number of thiol groups is 1. The minimum atomic E-state index is -0.264. The van der Waals surface area contributed by atoms with E-state index in [1.807, 2.05) is 13.8 Å². The smallest absolute Gasteiger partial charge is 0.0559 e. The minimum absolute atomic E-state index is 0. The zero-order chi connectivity index (χ0) is 5.21. The van der Waals surface area contributed by atoms with Gasteiger partial charge in [0.1, 0.15) is 0 Å². The van der Waals surface area contributed by atoms with Gasteiger partial charge < -0.3 is 5.73 Å². The summed E-state index contributed by atoms with van der Waals surface area (Å²) < 4.78 is 0. The average molecular weight is 142 g/mol. The zero-order valence-corrected chi connectivity index (χ0v) is 6.35. The lowest BCUT2D eigenvalue weighted by Gasteiger charge is -2.11. The number of rotatable bonds is 1. The van der Waals surface area contributed by atoms with Crippen molar-refractivity contribution in [3.05, 3.63) is 0 Å². The van der Waals surface area contributed by atoms with Crippen LogP contribution in [-0.2, 0) is 0 Å². The second kappa shape index (κ2) is 3.58. The number of hydrogen-bond acceptors (Lipinski definition) is 2. The summed E-state index contributed by atoms with van der Waals surface area (Å²) in [5.74, 6) is 0. The fourth-order valence-electron chi connectivity index (χ4n) is 0. The van der Waals surface area contributed by atoms with Gasteiger partial charge in [-0.05, 0) is 13.3 Å². The number of nitrogens with two attached hydrogens (primary N) is 1. The molecule has 0 saturated carbocycles. The van der Waals surface area contributed by atoms with Crippen molar-refractivity contribution in [1.82, 2.24) is 0 Å². The van der Waals surface area contributed by atoms with E-state index in [2.05, 4.69) is 12.6 Å². The summed E-state index contributed by atoms with van der Waals surface area (Å²) in [4.78, 5) is -0.264. The molecular formula is C4H12ClNS. The second-order valence-electron chi connectivity index (χ2n) is 1.71. The summed E-state index contributed by atoms with van der Waals surface area (Å²) in [6, 6.07) is 0. The van der Waals surface area contributed by atoms with Crippen LogP contribution in [0.25, 0.3) is 0 Å². The molecule has 0 spiro atoms. The van der Waals surface area contributed by atoms with Crippen LogP contribution in [0.5, 0.6) is 0 Å². The predicted molar refractivity (Wildman–Crippen MR) is 39.1 cm³/mol. The maximum absolute atomic E-state index is 5.40. The van der Waals surface area contributed by atoms with Gasteiger partial charge in [-0.3, -0.25) is 0 Å². The Kier molecular flexibility index (Phi) is 5.40. The fourth-order valence-corrected chi connectivity index (χ4v) is 0. The Morgan fingerprint density at radius 3 is 1.86 bits per heavy atom. The van der Waals surface area contributed by atoms with Crippen molar-refractivity contribution in [3.63, 3.8) is 0 Å². The first-order chi connectivity index (χ1) is 2.56. The highest BCUT2D eigenvalue weighted by Gasteiger charge is 2.04. The van der Waals surface area contributed by atoms with Crippen LogP contribution in [0.1, 0.15) is 20.3 Å². The minimum Gasteiger partial charge on any atom is -0.317 e. The van der Waals surface area contributed by atoms with Gasteiger partial charge >= 0.3 is 0 Å². The Morgan fingerprint density at radius 1 is 1.71 bits per heavy atom. The van der Waals surface area contributed by atoms with Crippen LogP contribution in [0, 0.1) is 0 Å². The third kappa shape index (κ3) is 10.8. The first-order valence-electron chi connectivity index (χ1n) is 2.07. The van der Waals surface area contributed by atoms with Crippen molar-refractivity contribution >= 4 is 25.0 Å². The van der Waals surface area contributed by atoms with Crippen molar-refractivity contribution in [2.75, 3.05) is 0 Å². The van der Waals surface area contributed by atoms with Gasteiger partial charge in [0.15, 0.2) is 0 Å². The molecule has 0 heterocycles. The molecule has 1 nitrogen and oxygen atoms in total. The number of hydrogen-bond donors (Lipinski definition) is 2. The molecule has 0 aromatic rings. The summed E-state index contributed by atoms with van der Waals surface area (Å²) in [6.07, 6.45) is 0.913. The largest absolute Gasteiger partial charge is 0.317 e. The molecule has 0 amide bonds. The summed E-state index contributed by atoms with van der Waals surface area (Å²) in [5, 5.41) is 0. The molecule has 1 atom stereocenters. The molecule has 7 heavy (non-hydrogen) atoms. The SMILES string of the molecule is CCC(C)(N)S.Cl. The van der Waals surface area contributed by atoms with Crippen LogP contribution < -0.4 is 5.73 Å². The van der Waals surface area contributed by atoms with Gasteiger partial charge in [-0.1, -0.05) is 6.92 Å². The number of halogens is 1. The van der Waals surface area contributed by atoms with E-state index in [1.54, 1.807) is 0 Å². The van der Waals surface area contributed by atoms with Gasteiger partial charge in [0, 0.05) is 0 Å². The predicted octanol–water partition coefficient (Wildman–Crippen LogP) is 1.42. The van der Waals surface area contributed by atoms with Crippen molar-refractivity contribution in [2.24, 2.45) is 5.73 Å². The van der Waals surface area contributed by atoms with E-state index in [4.69, 9.17) is 5.73 Å². The van der Waals surface area contributed by atoms with Gasteiger partial charge in [0.25, 0.3) is 0 Å². The highest BCUT2D eigenvalue weighted by atomic mass is 35.5. The van der Waals surface area contributed by atoms with Gasteiger partial charge in [-0.2, -0.15) is 12.6 Å². The van der Waals surface area contributed by atoms with E-state index >= 15 is 0 Å². The van der Waals surface area contributed by atoms with E-state index < -0.39 is 0 Å². The van der Waals surface area contributed by atoms with Crippen LogP contribution in [0.2, 0.25) is 0 Å². The molecule has 0 aliphatic heterocycles. The van der Waals surface area contributed by atoms with E-state index in [-0.39, 0.29) is 17.3 Å². The topological polar surface area (TPSA) is 26.0 Å². The van der Waals surface area contributed by atoms with Crippen LogP contribution >= 0.6 is 25.0 Å². The molecule has 0 aromatic carbocycles. The summed E-state index contributed by atoms with van der Waals surface area (Å²) in [6.45, 7) is 3.89. The molecule has 0 rings (SSSR count). The Bertz CT molecular complexity index is 41.4. The first-order valence-corrected chi connectivity index (χ1v) is 2.52. The molecule has 3 heteroatoms. The molecule has 0 aliphatic carbocycles. The summed E-state index contributed by atoms with van der Waals surface area (Å²) in [5.41, 5.74) is 5.40. The maximum atomic E-state index is 5.40. The second-order valence-corrected chi connectivity index (χ2v) is 2.73. The van der Waals surface area contributed by atoms with Crippen LogP contribution in [0.4, 0.5) is 0 Å². The van der Waals surface area contributed by atoms with Gasteiger partial charge in [-0.15, -0.1) is 12.4 Å². The molecule has 0 aromatic heterocycles. The lowest BCUT2D eigenvalue weighted by Crippen LogP contribution is -2.26. The van der Waals surface area contributed by atoms with Crippen molar-refractivity contribution in [3.8, 4) is 0 Å². The van der Waals surface area contributed by atoms with Gasteiger partial charge in [0.05, 0.1) is 4.87 Å². The van der Waals surface area contributed by atoms with Crippen LogP contribution in [0.3, 0.4) is 0 Å². The van der Waals surface area contributed by atoms with Crippen LogP contribution in [-0.4, -0.2) is 4.87 Å². The highest BCUT2D eigenvalue weighted by Crippen LogP contribution is 2.07. The third-order valence-electron chi connectivity index (χ3n) is 0.716. The van der Waals surface area contributed by atoms with Crippen molar-refractivity contribution in [1.29, 1.82) is 0 Å². The Labute approximate surface area is 56.5 Å². The lowest BCUT2D eigenvalue weighted by molar-refractivity contribution is 0.657. The van der Waals surface area contributed by atoms with Gasteiger partial charge in [0.2, 0.25) is 0 Å². The van der Waals surface area contributed by atoms with Crippen molar-refractivity contribution in [2.45, 2.75) is 25.1 Å². The Hall–Kier alpha value is 0.600. The molecule has 46 valence electrons. The van der Waals surface area contributed by atoms with Crippen LogP contribution in [0.15, 0.2) is 0 Å². The molecular weight excluding hydrogens is 130 g/mol. The lowest BCUT2D eigenvalue weighted by atomic mass is 10.3. The Morgan fingerprint density at radius 2 is 1.86 bits per heavy atom. The average Bonchev–Trinajstić information content (AvgIpc) is 1.35. The fraction of sp³-hybridized carbons (Fsp3) is 1.00. The maximum Gasteiger partial charge on any atom is 0.0559 e. The summed E-state index contributed by atoms with van der Waals surface area (Å²) in [7, 11) is 0. The van der Waals surface area contributed by atoms with Crippen molar-refractivity contribution < 1.29 is 0 Å². The van der Waals surface area contributed by atoms with E-state index in [9.17, 15) is 0 Å². The molecule has 2 N–H and O–H groups in total. The standard InChI is InChI=1S/C4H11NS.ClH/c1-3-4(2,5)6;/h6H,3,5H2,1-2H3;1H. The quantitative estimate of drug-likeness (QED) is 0.419. The zero-order valence-electron chi connectivity index (χ0n) is 4.64. The molecule has 0 bridgehead atoms. The summed E-state index contributed by atoms with van der Waals surface area (Å²) >= 11 is 4.03. The van der Waals surface area contributed by atoms with Gasteiger partial charge in [-0.25, -0.2) is 0 Å². The molecule has 0 aliphatic rings. The Balaban J connectivity index is 0. The molecule has 0 radical (unpaired) electrons. The first kappa shape index (κ1) is 10.6.